The highest BCUT2D eigenvalue weighted by Gasteiger charge is 2.33. The molecule has 1 rings (SSSR count). The number of aliphatic hydroxyl groups excluding tert-OH is 1. The van der Waals surface area contributed by atoms with Gasteiger partial charge in [0.25, 0.3) is 0 Å². The number of imidazole rings is 1. The Hall–Kier alpha value is -4.25. The Balaban J connectivity index is 3.00. The van der Waals surface area contributed by atoms with Crippen LogP contribution in [0.1, 0.15) is 31.9 Å². The number of H-pyrrole nitrogens is 1. The predicted octanol–water partition coefficient (Wildman–Crippen LogP) is -4.87. The maximum Gasteiger partial charge on any atom is 0.326 e. The van der Waals surface area contributed by atoms with E-state index in [0.717, 1.165) is 0 Å². The van der Waals surface area contributed by atoms with Crippen LogP contribution in [0.25, 0.3) is 0 Å². The summed E-state index contributed by atoms with van der Waals surface area (Å²) in [6, 6.07) is -5.57. The number of carbonyl (C=O) groups excluding carboxylic acids is 4. The van der Waals surface area contributed by atoms with Gasteiger partial charge in [-0.15, -0.1) is 0 Å². The molecule has 0 aliphatic rings. The van der Waals surface area contributed by atoms with E-state index in [1.165, 1.54) is 19.4 Å². The Morgan fingerprint density at radius 2 is 1.70 bits per heavy atom. The maximum atomic E-state index is 13.0. The highest BCUT2D eigenvalue weighted by Crippen LogP contribution is 2.05. The lowest BCUT2D eigenvalue weighted by Gasteiger charge is -2.26. The highest BCUT2D eigenvalue weighted by molar-refractivity contribution is 5.95. The third-order valence-corrected chi connectivity index (χ3v) is 4.99. The molecule has 5 atom stereocenters. The van der Waals surface area contributed by atoms with E-state index < -0.39 is 66.3 Å². The molecular formula is C20H34N10O7. The summed E-state index contributed by atoms with van der Waals surface area (Å²) in [5.41, 5.74) is 21.5. The van der Waals surface area contributed by atoms with E-state index in [1.54, 1.807) is 0 Å². The molecule has 0 aliphatic heterocycles. The van der Waals surface area contributed by atoms with Crippen LogP contribution in [0, 0.1) is 0 Å². The van der Waals surface area contributed by atoms with Crippen LogP contribution >= 0.6 is 0 Å². The number of aliphatic hydroxyl groups is 1. The first-order valence-electron chi connectivity index (χ1n) is 11.2. The van der Waals surface area contributed by atoms with Crippen LogP contribution < -0.4 is 38.9 Å². The molecule has 1 aromatic rings. The number of carbonyl (C=O) groups is 5. The molecule has 37 heavy (non-hydrogen) atoms. The Bertz CT molecular complexity index is 963. The van der Waals surface area contributed by atoms with Crippen LogP contribution in [0.15, 0.2) is 17.5 Å². The summed E-state index contributed by atoms with van der Waals surface area (Å²) in [4.78, 5) is 71.2. The number of rotatable bonds is 16. The fraction of sp³-hybridized carbons (Fsp3) is 0.550. The number of aromatic nitrogens is 2. The Morgan fingerprint density at radius 1 is 1.05 bits per heavy atom. The molecule has 206 valence electrons. The van der Waals surface area contributed by atoms with Crippen molar-refractivity contribution in [3.8, 4) is 0 Å². The van der Waals surface area contributed by atoms with Crippen LogP contribution in [0.3, 0.4) is 0 Å². The quantitative estimate of drug-likeness (QED) is 0.0553. The zero-order chi connectivity index (χ0) is 28.1. The minimum absolute atomic E-state index is 0.00726. The van der Waals surface area contributed by atoms with Gasteiger partial charge in [0.2, 0.25) is 23.6 Å². The van der Waals surface area contributed by atoms with Crippen LogP contribution in [0.5, 0.6) is 0 Å². The molecule has 17 heteroatoms. The predicted molar refractivity (Wildman–Crippen MR) is 129 cm³/mol. The summed E-state index contributed by atoms with van der Waals surface area (Å²) >= 11 is 0. The van der Waals surface area contributed by atoms with Crippen molar-refractivity contribution < 1.29 is 34.2 Å². The Labute approximate surface area is 211 Å². The zero-order valence-corrected chi connectivity index (χ0v) is 20.2. The number of nitrogens with one attached hydrogen (secondary N) is 4. The molecule has 17 nitrogen and oxygen atoms in total. The zero-order valence-electron chi connectivity index (χ0n) is 20.2. The summed E-state index contributed by atoms with van der Waals surface area (Å²) in [7, 11) is 0. The normalized spacial score (nSPS) is 14.8. The molecule has 0 aromatic carbocycles. The van der Waals surface area contributed by atoms with Gasteiger partial charge in [-0.05, 0) is 19.8 Å². The van der Waals surface area contributed by atoms with Crippen molar-refractivity contribution in [3.05, 3.63) is 18.2 Å². The van der Waals surface area contributed by atoms with Crippen molar-refractivity contribution in [2.45, 2.75) is 62.9 Å². The smallest absolute Gasteiger partial charge is 0.326 e. The summed E-state index contributed by atoms with van der Waals surface area (Å²) < 4.78 is 0. The number of carboxylic acids is 1. The number of amides is 4. The molecule has 0 saturated carbocycles. The first-order valence-corrected chi connectivity index (χ1v) is 11.2. The lowest BCUT2D eigenvalue weighted by Crippen LogP contribution is -2.60. The van der Waals surface area contributed by atoms with E-state index in [0.29, 0.717) is 5.69 Å². The van der Waals surface area contributed by atoms with Gasteiger partial charge >= 0.3 is 5.97 Å². The molecule has 5 unspecified atom stereocenters. The number of primary amides is 1. The number of guanidine groups is 1. The summed E-state index contributed by atoms with van der Waals surface area (Å²) in [6.07, 6.45) is 0.926. The van der Waals surface area contributed by atoms with Gasteiger partial charge in [-0.25, -0.2) is 9.78 Å². The summed E-state index contributed by atoms with van der Waals surface area (Å²) in [6.45, 7) is 1.36. The molecule has 0 saturated heterocycles. The molecule has 0 fully saturated rings. The summed E-state index contributed by atoms with van der Waals surface area (Å²) in [5, 5.41) is 26.5. The molecular weight excluding hydrogens is 492 g/mol. The molecule has 0 spiro atoms. The minimum atomic E-state index is -1.56. The van der Waals surface area contributed by atoms with E-state index in [2.05, 4.69) is 30.9 Å². The number of nitrogens with two attached hydrogens (primary N) is 4. The van der Waals surface area contributed by atoms with Gasteiger partial charge in [-0.2, -0.15) is 0 Å². The van der Waals surface area contributed by atoms with Gasteiger partial charge in [0.15, 0.2) is 5.96 Å². The van der Waals surface area contributed by atoms with Gasteiger partial charge < -0.3 is 54.1 Å². The van der Waals surface area contributed by atoms with Crippen molar-refractivity contribution in [3.63, 3.8) is 0 Å². The molecule has 0 radical (unpaired) electrons. The van der Waals surface area contributed by atoms with Crippen LogP contribution in [-0.2, 0) is 30.4 Å². The molecule has 14 N–H and O–H groups in total. The van der Waals surface area contributed by atoms with Crippen LogP contribution in [-0.4, -0.2) is 92.6 Å². The Morgan fingerprint density at radius 3 is 2.22 bits per heavy atom. The number of aliphatic imine (C=N–C) groups is 1. The largest absolute Gasteiger partial charge is 0.480 e. The minimum Gasteiger partial charge on any atom is -0.480 e. The fourth-order valence-electron chi connectivity index (χ4n) is 3.10. The maximum absolute atomic E-state index is 13.0. The van der Waals surface area contributed by atoms with E-state index in [4.69, 9.17) is 22.9 Å². The molecule has 1 heterocycles. The van der Waals surface area contributed by atoms with Crippen molar-refractivity contribution in [1.82, 2.24) is 25.9 Å². The van der Waals surface area contributed by atoms with Gasteiger partial charge in [-0.1, -0.05) is 0 Å². The van der Waals surface area contributed by atoms with Crippen molar-refractivity contribution in [2.75, 3.05) is 6.54 Å². The first-order chi connectivity index (χ1) is 17.3. The van der Waals surface area contributed by atoms with E-state index in [1.807, 2.05) is 0 Å². The first kappa shape index (κ1) is 30.8. The molecule has 1 aromatic heterocycles. The van der Waals surface area contributed by atoms with E-state index in [9.17, 15) is 34.2 Å². The fourth-order valence-corrected chi connectivity index (χ4v) is 3.10. The lowest BCUT2D eigenvalue weighted by molar-refractivity contribution is -0.142. The summed E-state index contributed by atoms with van der Waals surface area (Å²) in [5.74, 6) is -5.06. The van der Waals surface area contributed by atoms with Gasteiger partial charge in [0.05, 0.1) is 24.9 Å². The van der Waals surface area contributed by atoms with Gasteiger partial charge in [-0.3, -0.25) is 24.2 Å². The number of carboxylic acid groups (broad SMARTS) is 1. The number of nitrogens with zero attached hydrogens (tertiary/aromatic N) is 2. The monoisotopic (exact) mass is 526 g/mol. The second kappa shape index (κ2) is 15.0. The number of hydrogen-bond acceptors (Lipinski definition) is 9. The third-order valence-electron chi connectivity index (χ3n) is 4.99. The molecule has 0 aliphatic carbocycles. The van der Waals surface area contributed by atoms with Gasteiger partial charge in [0.1, 0.15) is 18.1 Å². The number of aromatic amines is 1. The average molecular weight is 527 g/mol. The van der Waals surface area contributed by atoms with Crippen molar-refractivity contribution in [2.24, 2.45) is 27.9 Å². The average Bonchev–Trinajstić information content (AvgIpc) is 3.30. The van der Waals surface area contributed by atoms with Crippen LogP contribution in [0.2, 0.25) is 0 Å². The second-order valence-electron chi connectivity index (χ2n) is 8.19. The lowest BCUT2D eigenvalue weighted by atomic mass is 10.1. The van der Waals surface area contributed by atoms with Crippen molar-refractivity contribution >= 4 is 35.6 Å². The SMILES string of the molecule is CC(O)C(NC(=O)C(N)CC(N)=O)C(=O)NC(Cc1cnc[nH]1)C(=O)NC(CCCN=C(N)N)C(=O)O. The van der Waals surface area contributed by atoms with Gasteiger partial charge in [0, 0.05) is 24.9 Å². The third kappa shape index (κ3) is 11.4. The Kier molecular flexibility index (Phi) is 12.5. The highest BCUT2D eigenvalue weighted by atomic mass is 16.4. The van der Waals surface area contributed by atoms with Crippen LogP contribution in [0.4, 0.5) is 0 Å². The topological polar surface area (TPSA) is 307 Å². The van der Waals surface area contributed by atoms with E-state index >= 15 is 0 Å². The van der Waals surface area contributed by atoms with Crippen molar-refractivity contribution in [1.29, 1.82) is 0 Å². The standard InChI is InChI=1S/C20H34N10O7/c1-9(31)15(30-16(33)11(21)6-14(22)32)18(35)29-13(5-10-7-25-8-27-10)17(34)28-12(19(36)37)3-2-4-26-20(23)24/h7-9,11-13,15,31H,2-6,21H2,1H3,(H2,22,32)(H,25,27)(H,28,34)(H,29,35)(H,30,33)(H,36,37)(H4,23,24,26). The van der Waals surface area contributed by atoms with E-state index in [-0.39, 0.29) is 31.8 Å². The number of hydrogen-bond donors (Lipinski definition) is 10. The molecule has 0 bridgehead atoms. The second-order valence-corrected chi connectivity index (χ2v) is 8.19. The molecule has 4 amide bonds. The number of aliphatic carboxylic acids is 1.